The lowest BCUT2D eigenvalue weighted by atomic mass is 9.98. The molecule has 2 fully saturated rings. The number of H-pyrrole nitrogens is 1. The maximum atomic E-state index is 12.7. The molecule has 3 N–H and O–H groups in total. The van der Waals surface area contributed by atoms with E-state index in [1.807, 2.05) is 36.4 Å². The standard InChI is InChI=1S/C26H32ClN3O3/c1-2-28-13-3-4-14-33-24-11-7-18(15-22(24)27)21(16-19-8-12-25(31)29-19)23-10-9-20(17-5-6-17)26(32)30-23/h7,9-11,15-17,19,28H,2-6,8,12-14H2,1H3,(H,29,31)(H,30,32)/b21-16+/t19-/m1/s1. The number of rotatable bonds is 11. The van der Waals surface area contributed by atoms with Crippen LogP contribution in [0.2, 0.25) is 5.02 Å². The lowest BCUT2D eigenvalue weighted by molar-refractivity contribution is -0.119. The largest absolute Gasteiger partial charge is 0.492 e. The molecule has 6 nitrogen and oxygen atoms in total. The average Bonchev–Trinajstić information content (AvgIpc) is 3.56. The van der Waals surface area contributed by atoms with Gasteiger partial charge in [0.1, 0.15) is 5.75 Å². The van der Waals surface area contributed by atoms with Gasteiger partial charge >= 0.3 is 0 Å². The third-order valence-corrected chi connectivity index (χ3v) is 6.44. The highest BCUT2D eigenvalue weighted by Gasteiger charge is 2.27. The van der Waals surface area contributed by atoms with Crippen molar-refractivity contribution in [1.29, 1.82) is 0 Å². The molecule has 0 bridgehead atoms. The van der Waals surface area contributed by atoms with E-state index in [1.54, 1.807) is 0 Å². The first-order valence-electron chi connectivity index (χ1n) is 11.9. The summed E-state index contributed by atoms with van der Waals surface area (Å²) in [6.07, 6.45) is 7.40. The molecule has 4 rings (SSSR count). The fourth-order valence-electron chi connectivity index (χ4n) is 4.16. The van der Waals surface area contributed by atoms with Crippen molar-refractivity contribution >= 4 is 23.1 Å². The highest BCUT2D eigenvalue weighted by molar-refractivity contribution is 6.32. The van der Waals surface area contributed by atoms with Gasteiger partial charge < -0.3 is 20.4 Å². The van der Waals surface area contributed by atoms with Gasteiger partial charge in [-0.1, -0.05) is 36.7 Å². The minimum Gasteiger partial charge on any atom is -0.492 e. The fourth-order valence-corrected chi connectivity index (χ4v) is 4.39. The molecule has 2 heterocycles. The van der Waals surface area contributed by atoms with Crippen LogP contribution in [0.15, 0.2) is 41.2 Å². The Morgan fingerprint density at radius 3 is 2.70 bits per heavy atom. The second-order valence-corrected chi connectivity index (χ2v) is 9.19. The number of hydrogen-bond donors (Lipinski definition) is 3. The molecule has 1 aromatic carbocycles. The van der Waals surface area contributed by atoms with E-state index in [0.717, 1.165) is 67.6 Å². The Hall–Kier alpha value is -2.57. The van der Waals surface area contributed by atoms with E-state index in [2.05, 4.69) is 22.5 Å². The topological polar surface area (TPSA) is 83.2 Å². The van der Waals surface area contributed by atoms with Crippen molar-refractivity contribution in [2.45, 2.75) is 57.4 Å². The van der Waals surface area contributed by atoms with Gasteiger partial charge in [0.2, 0.25) is 5.91 Å². The van der Waals surface area contributed by atoms with Gasteiger partial charge in [-0.2, -0.15) is 0 Å². The summed E-state index contributed by atoms with van der Waals surface area (Å²) < 4.78 is 5.88. The van der Waals surface area contributed by atoms with E-state index in [1.165, 1.54) is 0 Å². The predicted molar refractivity (Wildman–Crippen MR) is 132 cm³/mol. The van der Waals surface area contributed by atoms with Crippen LogP contribution in [0.5, 0.6) is 5.75 Å². The average molecular weight is 470 g/mol. The zero-order valence-electron chi connectivity index (χ0n) is 19.1. The Balaban J connectivity index is 1.55. The van der Waals surface area contributed by atoms with Crippen LogP contribution in [0.4, 0.5) is 0 Å². The molecule has 1 aromatic heterocycles. The Morgan fingerprint density at radius 2 is 2.03 bits per heavy atom. The first-order valence-corrected chi connectivity index (χ1v) is 12.3. The monoisotopic (exact) mass is 469 g/mol. The lowest BCUT2D eigenvalue weighted by Gasteiger charge is -2.15. The van der Waals surface area contributed by atoms with Crippen LogP contribution >= 0.6 is 11.6 Å². The quantitative estimate of drug-likeness (QED) is 0.426. The van der Waals surface area contributed by atoms with Gasteiger partial charge in [-0.25, -0.2) is 0 Å². The maximum absolute atomic E-state index is 12.7. The molecule has 2 aliphatic rings. The van der Waals surface area contributed by atoms with Crippen molar-refractivity contribution in [3.63, 3.8) is 0 Å². The molecule has 0 radical (unpaired) electrons. The first kappa shape index (κ1) is 23.6. The van der Waals surface area contributed by atoms with Gasteiger partial charge in [-0.3, -0.25) is 9.59 Å². The number of aromatic amines is 1. The summed E-state index contributed by atoms with van der Waals surface area (Å²) in [5.74, 6) is 1.08. The van der Waals surface area contributed by atoms with Crippen LogP contribution in [0, 0.1) is 0 Å². The highest BCUT2D eigenvalue weighted by atomic mass is 35.5. The van der Waals surface area contributed by atoms with Crippen LogP contribution in [-0.4, -0.2) is 36.6 Å². The zero-order chi connectivity index (χ0) is 23.2. The Labute approximate surface area is 199 Å². The van der Waals surface area contributed by atoms with E-state index in [4.69, 9.17) is 16.3 Å². The Morgan fingerprint density at radius 1 is 1.18 bits per heavy atom. The van der Waals surface area contributed by atoms with E-state index >= 15 is 0 Å². The van der Waals surface area contributed by atoms with Crippen molar-refractivity contribution in [3.8, 4) is 5.75 Å². The number of nitrogens with one attached hydrogen (secondary N) is 3. The van der Waals surface area contributed by atoms with Gasteiger partial charge in [0, 0.05) is 29.3 Å². The summed E-state index contributed by atoms with van der Waals surface area (Å²) in [6.45, 7) is 4.66. The number of hydrogen-bond acceptors (Lipinski definition) is 4. The number of carbonyl (C=O) groups excluding carboxylic acids is 1. The summed E-state index contributed by atoms with van der Waals surface area (Å²) >= 11 is 6.56. The van der Waals surface area contributed by atoms with Crippen molar-refractivity contribution in [2.75, 3.05) is 19.7 Å². The Kier molecular flexibility index (Phi) is 7.89. The Bertz CT molecular complexity index is 1070. The van der Waals surface area contributed by atoms with Crippen molar-refractivity contribution in [2.24, 2.45) is 0 Å². The molecule has 7 heteroatoms. The summed E-state index contributed by atoms with van der Waals surface area (Å²) in [5.41, 5.74) is 3.25. The van der Waals surface area contributed by atoms with Gasteiger partial charge in [0.25, 0.3) is 5.56 Å². The van der Waals surface area contributed by atoms with Crippen LogP contribution in [-0.2, 0) is 4.79 Å². The first-order chi connectivity index (χ1) is 16.0. The summed E-state index contributed by atoms with van der Waals surface area (Å²) in [7, 11) is 0. The molecule has 2 aromatic rings. The summed E-state index contributed by atoms with van der Waals surface area (Å²) in [4.78, 5) is 27.5. The van der Waals surface area contributed by atoms with Crippen LogP contribution in [0.25, 0.3) is 5.57 Å². The molecular formula is C26H32ClN3O3. The van der Waals surface area contributed by atoms with Gasteiger partial charge in [-0.05, 0) is 74.9 Å². The number of carbonyl (C=O) groups is 1. The van der Waals surface area contributed by atoms with E-state index in [9.17, 15) is 9.59 Å². The summed E-state index contributed by atoms with van der Waals surface area (Å²) in [6, 6.07) is 9.51. The van der Waals surface area contributed by atoms with Crippen LogP contribution in [0.3, 0.4) is 0 Å². The van der Waals surface area contributed by atoms with Crippen molar-refractivity contribution < 1.29 is 9.53 Å². The SMILES string of the molecule is CCNCCCCOc1ccc(/C(=C\[C@H]2CCC(=O)N2)c2ccc(C3CC3)c(=O)[nH]2)cc1Cl. The number of amides is 1. The number of benzene rings is 1. The smallest absolute Gasteiger partial charge is 0.251 e. The fraction of sp³-hybridized carbons (Fsp3) is 0.462. The minimum absolute atomic E-state index is 0.0417. The normalized spacial score (nSPS) is 18.4. The maximum Gasteiger partial charge on any atom is 0.251 e. The molecule has 1 atom stereocenters. The number of halogens is 1. The van der Waals surface area contributed by atoms with Crippen LogP contribution < -0.4 is 20.9 Å². The third kappa shape index (κ3) is 6.27. The highest BCUT2D eigenvalue weighted by Crippen LogP contribution is 2.38. The number of aromatic nitrogens is 1. The van der Waals surface area contributed by atoms with Crippen molar-refractivity contribution in [1.82, 2.24) is 15.6 Å². The van der Waals surface area contributed by atoms with Crippen molar-refractivity contribution in [3.05, 3.63) is 68.6 Å². The number of pyridine rings is 1. The molecule has 176 valence electrons. The van der Waals surface area contributed by atoms with Gasteiger partial charge in [-0.15, -0.1) is 0 Å². The molecule has 33 heavy (non-hydrogen) atoms. The molecule has 0 spiro atoms. The van der Waals surface area contributed by atoms with Crippen LogP contribution in [0.1, 0.15) is 68.2 Å². The third-order valence-electron chi connectivity index (χ3n) is 6.14. The minimum atomic E-state index is -0.0782. The number of unbranched alkanes of at least 4 members (excludes halogenated alkanes) is 1. The predicted octanol–water partition coefficient (Wildman–Crippen LogP) is 4.38. The molecule has 1 saturated carbocycles. The second-order valence-electron chi connectivity index (χ2n) is 8.78. The van der Waals surface area contributed by atoms with E-state index in [0.29, 0.717) is 29.7 Å². The molecular weight excluding hydrogens is 438 g/mol. The van der Waals surface area contributed by atoms with E-state index in [-0.39, 0.29) is 17.5 Å². The lowest BCUT2D eigenvalue weighted by Crippen LogP contribution is -2.23. The van der Waals surface area contributed by atoms with E-state index < -0.39 is 0 Å². The molecule has 1 aliphatic heterocycles. The van der Waals surface area contributed by atoms with Gasteiger partial charge in [0.15, 0.2) is 0 Å². The number of ether oxygens (including phenoxy) is 1. The molecule has 1 saturated heterocycles. The van der Waals surface area contributed by atoms with Gasteiger partial charge in [0.05, 0.1) is 11.6 Å². The second kappa shape index (κ2) is 11.0. The zero-order valence-corrected chi connectivity index (χ0v) is 19.8. The summed E-state index contributed by atoms with van der Waals surface area (Å²) in [5, 5.41) is 6.81. The molecule has 1 amide bonds. The molecule has 1 aliphatic carbocycles. The molecule has 0 unspecified atom stereocenters.